The van der Waals surface area contributed by atoms with Crippen LogP contribution in [0.1, 0.15) is 97.8 Å². The van der Waals surface area contributed by atoms with Gasteiger partial charge in [-0.2, -0.15) is 0 Å². The standard InChI is InChI=1S/C25H41BO2/c1-4-17-18-9-5-6-14-25(18,3)20-13-15-24(2)16(8-7-10-21(27)28)11-12-19(24)22(20)23(17)26/h16-20,22-23H,4-15H2,1-3H3,(H,27,28)/t16?,17-,18?,19?,20+,22?,23?,24?,25?/m1/s1. The topological polar surface area (TPSA) is 37.3 Å². The highest BCUT2D eigenvalue weighted by Crippen LogP contribution is 2.71. The van der Waals surface area contributed by atoms with Crippen molar-refractivity contribution in [1.82, 2.24) is 0 Å². The third-order valence-electron chi connectivity index (χ3n) is 10.6. The Kier molecular flexibility index (Phi) is 5.69. The Hall–Kier alpha value is -0.465. The summed E-state index contributed by atoms with van der Waals surface area (Å²) in [6, 6.07) is 0. The molecule has 7 unspecified atom stereocenters. The predicted octanol–water partition coefficient (Wildman–Crippen LogP) is 6.49. The van der Waals surface area contributed by atoms with Crippen LogP contribution in [-0.4, -0.2) is 18.9 Å². The lowest BCUT2D eigenvalue weighted by Gasteiger charge is -2.65. The van der Waals surface area contributed by atoms with Gasteiger partial charge in [0.15, 0.2) is 0 Å². The third-order valence-corrected chi connectivity index (χ3v) is 10.6. The maximum absolute atomic E-state index is 11.0. The lowest BCUT2D eigenvalue weighted by Crippen LogP contribution is -2.57. The normalized spacial score (nSPS) is 50.5. The van der Waals surface area contributed by atoms with Gasteiger partial charge in [0.05, 0.1) is 7.85 Å². The van der Waals surface area contributed by atoms with Crippen LogP contribution in [0.3, 0.4) is 0 Å². The van der Waals surface area contributed by atoms with Crippen molar-refractivity contribution in [2.24, 2.45) is 46.3 Å². The van der Waals surface area contributed by atoms with Gasteiger partial charge in [-0.05, 0) is 97.7 Å². The fraction of sp³-hybridized carbons (Fsp3) is 0.960. The van der Waals surface area contributed by atoms with Crippen molar-refractivity contribution in [3.63, 3.8) is 0 Å². The quantitative estimate of drug-likeness (QED) is 0.550. The van der Waals surface area contributed by atoms with Crippen molar-refractivity contribution in [1.29, 1.82) is 0 Å². The molecule has 0 aliphatic heterocycles. The van der Waals surface area contributed by atoms with E-state index in [1.807, 2.05) is 0 Å². The molecule has 0 aromatic heterocycles. The van der Waals surface area contributed by atoms with Crippen LogP contribution in [0.5, 0.6) is 0 Å². The molecule has 156 valence electrons. The van der Waals surface area contributed by atoms with Gasteiger partial charge >= 0.3 is 5.97 Å². The molecule has 4 saturated carbocycles. The number of rotatable bonds is 5. The number of carboxylic acids is 1. The Morgan fingerprint density at radius 3 is 2.46 bits per heavy atom. The number of hydrogen-bond donors (Lipinski definition) is 1. The zero-order valence-electron chi connectivity index (χ0n) is 18.5. The van der Waals surface area contributed by atoms with Crippen LogP contribution in [-0.2, 0) is 4.79 Å². The fourth-order valence-electron chi connectivity index (χ4n) is 9.24. The average Bonchev–Trinajstić information content (AvgIpc) is 2.99. The average molecular weight is 384 g/mol. The lowest BCUT2D eigenvalue weighted by molar-refractivity contribution is -0.138. The summed E-state index contributed by atoms with van der Waals surface area (Å²) in [5.41, 5.74) is 0.912. The highest BCUT2D eigenvalue weighted by molar-refractivity contribution is 6.12. The minimum Gasteiger partial charge on any atom is -0.481 e. The smallest absolute Gasteiger partial charge is 0.303 e. The summed E-state index contributed by atoms with van der Waals surface area (Å²) in [6.07, 6.45) is 14.5. The summed E-state index contributed by atoms with van der Waals surface area (Å²) in [5.74, 6) is 4.30. The summed E-state index contributed by atoms with van der Waals surface area (Å²) < 4.78 is 0. The van der Waals surface area contributed by atoms with Gasteiger partial charge in [-0.3, -0.25) is 4.79 Å². The Balaban J connectivity index is 1.59. The van der Waals surface area contributed by atoms with Crippen molar-refractivity contribution < 1.29 is 9.90 Å². The van der Waals surface area contributed by atoms with E-state index in [0.29, 0.717) is 40.8 Å². The lowest BCUT2D eigenvalue weighted by atomic mass is 9.37. The number of carbonyl (C=O) groups is 1. The molecule has 4 aliphatic rings. The summed E-state index contributed by atoms with van der Waals surface area (Å²) in [7, 11) is 7.13. The number of fused-ring (bicyclic) bond motifs is 5. The van der Waals surface area contributed by atoms with Gasteiger partial charge < -0.3 is 5.11 Å². The SMILES string of the molecule is [B]C1C2C3CCC(CCCC(=O)O)C3(C)CC[C@@H]2C2(C)CCCCC2[C@H]1CC. The van der Waals surface area contributed by atoms with Gasteiger partial charge in [0.1, 0.15) is 0 Å². The van der Waals surface area contributed by atoms with Gasteiger partial charge in [-0.1, -0.05) is 45.9 Å². The second-order valence-corrected chi connectivity index (χ2v) is 11.4. The van der Waals surface area contributed by atoms with E-state index in [-0.39, 0.29) is 0 Å². The van der Waals surface area contributed by atoms with Crippen molar-refractivity contribution in [2.45, 2.75) is 104 Å². The monoisotopic (exact) mass is 384 g/mol. The van der Waals surface area contributed by atoms with Crippen LogP contribution < -0.4 is 0 Å². The molecule has 28 heavy (non-hydrogen) atoms. The predicted molar refractivity (Wildman–Crippen MR) is 115 cm³/mol. The molecule has 4 fully saturated rings. The molecule has 0 aromatic carbocycles. The van der Waals surface area contributed by atoms with Gasteiger partial charge in [0.2, 0.25) is 0 Å². The second kappa shape index (κ2) is 7.66. The molecule has 2 nitrogen and oxygen atoms in total. The van der Waals surface area contributed by atoms with Crippen molar-refractivity contribution >= 4 is 13.8 Å². The van der Waals surface area contributed by atoms with E-state index in [4.69, 9.17) is 13.0 Å². The Morgan fingerprint density at radius 1 is 1.00 bits per heavy atom. The summed E-state index contributed by atoms with van der Waals surface area (Å²) in [4.78, 5) is 11.0. The van der Waals surface area contributed by atoms with Crippen molar-refractivity contribution in [3.8, 4) is 0 Å². The largest absolute Gasteiger partial charge is 0.481 e. The molecule has 0 spiro atoms. The zero-order chi connectivity index (χ0) is 20.1. The maximum atomic E-state index is 11.0. The third kappa shape index (κ3) is 3.09. The molecule has 0 saturated heterocycles. The molecule has 0 amide bonds. The Morgan fingerprint density at radius 2 is 1.75 bits per heavy atom. The van der Waals surface area contributed by atoms with E-state index in [1.165, 1.54) is 57.8 Å². The Labute approximate surface area is 174 Å². The first-order valence-electron chi connectivity index (χ1n) is 12.3. The van der Waals surface area contributed by atoms with Crippen LogP contribution >= 0.6 is 0 Å². The minimum absolute atomic E-state index is 0.334. The molecule has 1 N–H and O–H groups in total. The molecular formula is C25H41BO2. The van der Waals surface area contributed by atoms with E-state index in [9.17, 15) is 4.79 Å². The molecule has 0 aromatic rings. The van der Waals surface area contributed by atoms with Gasteiger partial charge in [0.25, 0.3) is 0 Å². The van der Waals surface area contributed by atoms with Crippen molar-refractivity contribution in [3.05, 3.63) is 0 Å². The zero-order valence-corrected chi connectivity index (χ0v) is 18.5. The van der Waals surface area contributed by atoms with E-state index < -0.39 is 5.97 Å². The second-order valence-electron chi connectivity index (χ2n) is 11.4. The number of hydrogen-bond acceptors (Lipinski definition) is 1. The van der Waals surface area contributed by atoms with Crippen LogP contribution in [0.2, 0.25) is 5.82 Å². The Bertz CT molecular complexity index is 591. The van der Waals surface area contributed by atoms with Crippen LogP contribution in [0.25, 0.3) is 0 Å². The van der Waals surface area contributed by atoms with E-state index in [0.717, 1.165) is 30.6 Å². The van der Waals surface area contributed by atoms with Gasteiger partial charge in [-0.15, -0.1) is 0 Å². The first kappa shape index (κ1) is 20.8. The van der Waals surface area contributed by atoms with Gasteiger partial charge in [-0.25, -0.2) is 0 Å². The van der Waals surface area contributed by atoms with Crippen LogP contribution in [0, 0.1) is 46.3 Å². The van der Waals surface area contributed by atoms with Gasteiger partial charge in [0, 0.05) is 6.42 Å². The number of aliphatic carboxylic acids is 1. The molecule has 4 rings (SSSR count). The van der Waals surface area contributed by atoms with E-state index >= 15 is 0 Å². The first-order chi connectivity index (χ1) is 13.3. The molecule has 9 atom stereocenters. The van der Waals surface area contributed by atoms with E-state index in [2.05, 4.69) is 20.8 Å². The summed E-state index contributed by atoms with van der Waals surface area (Å²) in [5, 5.41) is 9.05. The minimum atomic E-state index is -0.639. The molecule has 3 heteroatoms. The molecule has 0 bridgehead atoms. The highest BCUT2D eigenvalue weighted by Gasteiger charge is 2.62. The summed E-state index contributed by atoms with van der Waals surface area (Å²) >= 11 is 0. The maximum Gasteiger partial charge on any atom is 0.303 e. The number of carboxylic acid groups (broad SMARTS) is 1. The van der Waals surface area contributed by atoms with Crippen LogP contribution in [0.15, 0.2) is 0 Å². The van der Waals surface area contributed by atoms with E-state index in [1.54, 1.807) is 0 Å². The van der Waals surface area contributed by atoms with Crippen LogP contribution in [0.4, 0.5) is 0 Å². The summed E-state index contributed by atoms with van der Waals surface area (Å²) in [6.45, 7) is 7.57. The highest BCUT2D eigenvalue weighted by atomic mass is 16.4. The molecule has 2 radical (unpaired) electrons. The first-order valence-corrected chi connectivity index (χ1v) is 12.3. The molecular weight excluding hydrogens is 343 g/mol. The molecule has 0 heterocycles. The fourth-order valence-corrected chi connectivity index (χ4v) is 9.24. The molecule has 4 aliphatic carbocycles. The van der Waals surface area contributed by atoms with Crippen molar-refractivity contribution in [2.75, 3.05) is 0 Å².